The molecule has 4 rings (SSSR count). The molecule has 4 heterocycles. The van der Waals surface area contributed by atoms with Gasteiger partial charge in [-0.3, -0.25) is 14.6 Å². The summed E-state index contributed by atoms with van der Waals surface area (Å²) in [6.45, 7) is 3.15. The summed E-state index contributed by atoms with van der Waals surface area (Å²) in [5, 5.41) is 2.85. The van der Waals surface area contributed by atoms with Crippen LogP contribution in [0.4, 0.5) is 0 Å². The van der Waals surface area contributed by atoms with Crippen LogP contribution in [-0.4, -0.2) is 57.8 Å². The molecule has 0 aliphatic carbocycles. The lowest BCUT2D eigenvalue weighted by molar-refractivity contribution is -0.140. The predicted molar refractivity (Wildman–Crippen MR) is 113 cm³/mol. The van der Waals surface area contributed by atoms with E-state index in [2.05, 4.69) is 14.9 Å². The fourth-order valence-electron chi connectivity index (χ4n) is 4.20. The summed E-state index contributed by atoms with van der Waals surface area (Å²) in [7, 11) is 0. The van der Waals surface area contributed by atoms with Crippen LogP contribution in [0.15, 0.2) is 29.9 Å². The van der Waals surface area contributed by atoms with Gasteiger partial charge in [-0.15, -0.1) is 11.3 Å². The molecule has 0 spiro atoms. The summed E-state index contributed by atoms with van der Waals surface area (Å²) < 4.78 is 0. The van der Waals surface area contributed by atoms with E-state index in [4.69, 9.17) is 0 Å². The topological polar surface area (TPSA) is 66.4 Å². The maximum Gasteiger partial charge on any atom is 0.228 e. The van der Waals surface area contributed by atoms with Crippen LogP contribution in [0.1, 0.15) is 44.2 Å². The second-order valence-electron chi connectivity index (χ2n) is 7.96. The fraction of sp³-hybridized carbons (Fsp3) is 0.545. The van der Waals surface area contributed by atoms with Crippen LogP contribution in [0.25, 0.3) is 10.6 Å². The predicted octanol–water partition coefficient (Wildman–Crippen LogP) is 3.39. The second-order valence-corrected chi connectivity index (χ2v) is 8.82. The highest BCUT2D eigenvalue weighted by molar-refractivity contribution is 7.13. The third kappa shape index (κ3) is 5.01. The minimum atomic E-state index is 0.0774. The van der Waals surface area contributed by atoms with Gasteiger partial charge in [0.15, 0.2) is 0 Å². The Bertz CT molecular complexity index is 822. The van der Waals surface area contributed by atoms with Gasteiger partial charge in [0.2, 0.25) is 11.8 Å². The van der Waals surface area contributed by atoms with E-state index >= 15 is 0 Å². The zero-order valence-electron chi connectivity index (χ0n) is 16.8. The molecule has 6 nitrogen and oxygen atoms in total. The number of piperidine rings is 1. The molecule has 2 fully saturated rings. The number of pyridine rings is 1. The van der Waals surface area contributed by atoms with Gasteiger partial charge in [-0.05, 0) is 37.8 Å². The normalized spacial score (nSPS) is 18.5. The van der Waals surface area contributed by atoms with E-state index in [1.807, 2.05) is 22.4 Å². The maximum atomic E-state index is 12.8. The molecule has 0 N–H and O–H groups in total. The number of carbonyl (C=O) groups is 2. The van der Waals surface area contributed by atoms with Crippen LogP contribution in [0.2, 0.25) is 0 Å². The van der Waals surface area contributed by atoms with Crippen molar-refractivity contribution in [1.29, 1.82) is 0 Å². The van der Waals surface area contributed by atoms with Crippen molar-refractivity contribution in [3.63, 3.8) is 0 Å². The Morgan fingerprint density at radius 2 is 1.79 bits per heavy atom. The molecule has 0 unspecified atom stereocenters. The third-order valence-electron chi connectivity index (χ3n) is 5.91. The number of carbonyl (C=O) groups excluding carboxylic acids is 2. The average molecular weight is 413 g/mol. The molecule has 29 heavy (non-hydrogen) atoms. The van der Waals surface area contributed by atoms with Crippen LogP contribution in [0.5, 0.6) is 0 Å². The molecule has 0 atom stereocenters. The van der Waals surface area contributed by atoms with Crippen molar-refractivity contribution in [2.75, 3.05) is 26.2 Å². The largest absolute Gasteiger partial charge is 0.342 e. The summed E-state index contributed by atoms with van der Waals surface area (Å²) >= 11 is 1.54. The van der Waals surface area contributed by atoms with Crippen LogP contribution >= 0.6 is 11.3 Å². The first-order chi connectivity index (χ1) is 14.2. The van der Waals surface area contributed by atoms with Crippen molar-refractivity contribution >= 4 is 23.2 Å². The SMILES string of the molecule is O=C(Cc1csc(-c2cccnc2)n1)N1CCC(C(=O)N2CCCCCC2)CC1. The van der Waals surface area contributed by atoms with Crippen molar-refractivity contribution in [2.45, 2.75) is 44.9 Å². The molecule has 0 aromatic carbocycles. The number of amides is 2. The van der Waals surface area contributed by atoms with E-state index in [0.717, 1.165) is 55.0 Å². The van der Waals surface area contributed by atoms with Crippen LogP contribution in [-0.2, 0) is 16.0 Å². The molecular weight excluding hydrogens is 384 g/mol. The van der Waals surface area contributed by atoms with Crippen molar-refractivity contribution < 1.29 is 9.59 Å². The van der Waals surface area contributed by atoms with Crippen LogP contribution in [0, 0.1) is 5.92 Å². The van der Waals surface area contributed by atoms with E-state index in [1.165, 1.54) is 12.8 Å². The van der Waals surface area contributed by atoms with Gasteiger partial charge in [-0.1, -0.05) is 12.8 Å². The Morgan fingerprint density at radius 1 is 1.03 bits per heavy atom. The molecule has 2 aromatic heterocycles. The minimum absolute atomic E-state index is 0.0774. The number of rotatable bonds is 4. The quantitative estimate of drug-likeness (QED) is 0.772. The summed E-state index contributed by atoms with van der Waals surface area (Å²) in [6, 6.07) is 3.86. The van der Waals surface area contributed by atoms with Gasteiger partial charge in [-0.25, -0.2) is 4.98 Å². The molecule has 0 radical (unpaired) electrons. The minimum Gasteiger partial charge on any atom is -0.342 e. The summed E-state index contributed by atoms with van der Waals surface area (Å²) in [6.07, 6.45) is 10.1. The number of hydrogen-bond acceptors (Lipinski definition) is 5. The fourth-order valence-corrected chi connectivity index (χ4v) is 5.01. The van der Waals surface area contributed by atoms with E-state index in [1.54, 1.807) is 23.7 Å². The number of likely N-dealkylation sites (tertiary alicyclic amines) is 2. The van der Waals surface area contributed by atoms with E-state index in [0.29, 0.717) is 25.4 Å². The smallest absolute Gasteiger partial charge is 0.228 e. The van der Waals surface area contributed by atoms with Gasteiger partial charge in [0.1, 0.15) is 5.01 Å². The first-order valence-corrected chi connectivity index (χ1v) is 11.5. The van der Waals surface area contributed by atoms with Crippen molar-refractivity contribution in [3.05, 3.63) is 35.6 Å². The zero-order valence-corrected chi connectivity index (χ0v) is 17.6. The second kappa shape index (κ2) is 9.48. The molecule has 0 bridgehead atoms. The lowest BCUT2D eigenvalue weighted by Gasteiger charge is -2.34. The van der Waals surface area contributed by atoms with Crippen molar-refractivity contribution in [3.8, 4) is 10.6 Å². The Morgan fingerprint density at radius 3 is 2.48 bits per heavy atom. The molecule has 2 aliphatic rings. The van der Waals surface area contributed by atoms with E-state index in [-0.39, 0.29) is 11.8 Å². The standard InChI is InChI=1S/C22H28N4O2S/c27-20(14-19-16-29-21(24-19)18-6-5-9-23-15-18)25-12-7-17(8-13-25)22(28)26-10-3-1-2-4-11-26/h5-6,9,15-17H,1-4,7-8,10-14H2. The Kier molecular flexibility index (Phi) is 6.54. The third-order valence-corrected chi connectivity index (χ3v) is 6.85. The van der Waals surface area contributed by atoms with Crippen molar-refractivity contribution in [1.82, 2.24) is 19.8 Å². The first-order valence-electron chi connectivity index (χ1n) is 10.6. The molecule has 154 valence electrons. The Labute approximate surface area is 176 Å². The molecular formula is C22H28N4O2S. The van der Waals surface area contributed by atoms with Crippen LogP contribution < -0.4 is 0 Å². The molecule has 2 aromatic rings. The number of nitrogens with zero attached hydrogens (tertiary/aromatic N) is 4. The highest BCUT2D eigenvalue weighted by Crippen LogP contribution is 2.25. The monoisotopic (exact) mass is 412 g/mol. The average Bonchev–Trinajstić information content (AvgIpc) is 3.06. The van der Waals surface area contributed by atoms with Gasteiger partial charge in [-0.2, -0.15) is 0 Å². The molecule has 2 saturated heterocycles. The molecule has 2 aliphatic heterocycles. The van der Waals surface area contributed by atoms with Gasteiger partial charge in [0.25, 0.3) is 0 Å². The number of thiazole rings is 1. The lowest BCUT2D eigenvalue weighted by Crippen LogP contribution is -2.45. The molecule has 2 amide bonds. The van der Waals surface area contributed by atoms with Crippen molar-refractivity contribution in [2.24, 2.45) is 5.92 Å². The number of aromatic nitrogens is 2. The lowest BCUT2D eigenvalue weighted by atomic mass is 9.95. The number of hydrogen-bond donors (Lipinski definition) is 0. The summed E-state index contributed by atoms with van der Waals surface area (Å²) in [5.41, 5.74) is 1.78. The maximum absolute atomic E-state index is 12.8. The summed E-state index contributed by atoms with van der Waals surface area (Å²) in [5.74, 6) is 0.488. The van der Waals surface area contributed by atoms with Gasteiger partial charge in [0, 0.05) is 55.4 Å². The van der Waals surface area contributed by atoms with E-state index < -0.39 is 0 Å². The van der Waals surface area contributed by atoms with Gasteiger partial charge in [0.05, 0.1) is 12.1 Å². The van der Waals surface area contributed by atoms with Crippen LogP contribution in [0.3, 0.4) is 0 Å². The Balaban J connectivity index is 1.28. The molecule has 7 heteroatoms. The zero-order chi connectivity index (χ0) is 20.1. The molecule has 0 saturated carbocycles. The van der Waals surface area contributed by atoms with Gasteiger partial charge < -0.3 is 9.80 Å². The van der Waals surface area contributed by atoms with E-state index in [9.17, 15) is 9.59 Å². The van der Waals surface area contributed by atoms with Gasteiger partial charge >= 0.3 is 0 Å². The Hall–Kier alpha value is -2.28. The highest BCUT2D eigenvalue weighted by atomic mass is 32.1. The first kappa shape index (κ1) is 20.0. The highest BCUT2D eigenvalue weighted by Gasteiger charge is 2.30. The summed E-state index contributed by atoms with van der Waals surface area (Å²) in [4.78, 5) is 38.2.